The molecule has 1 saturated heterocycles. The zero-order chi connectivity index (χ0) is 14.0. The van der Waals surface area contributed by atoms with Gasteiger partial charge in [-0.2, -0.15) is 4.31 Å². The molecule has 7 nitrogen and oxygen atoms in total. The number of hydrogen-bond donors (Lipinski definition) is 1. The van der Waals surface area contributed by atoms with Gasteiger partial charge in [0.2, 0.25) is 10.0 Å². The first-order valence-corrected chi connectivity index (χ1v) is 7.33. The van der Waals surface area contributed by atoms with Crippen LogP contribution in [0.15, 0.2) is 29.2 Å². The van der Waals surface area contributed by atoms with Crippen LogP contribution in [-0.4, -0.2) is 43.3 Å². The zero-order valence-electron chi connectivity index (χ0n) is 10.9. The van der Waals surface area contributed by atoms with Gasteiger partial charge in [-0.3, -0.25) is 10.1 Å². The minimum atomic E-state index is -3.57. The molecule has 1 aliphatic heterocycles. The first-order chi connectivity index (χ1) is 8.91. The molecular weight excluding hydrogens is 306 g/mol. The summed E-state index contributed by atoms with van der Waals surface area (Å²) >= 11 is 0. The van der Waals surface area contributed by atoms with E-state index in [0.29, 0.717) is 19.6 Å². The van der Waals surface area contributed by atoms with Crippen LogP contribution < -0.4 is 5.32 Å². The van der Waals surface area contributed by atoms with Crippen molar-refractivity contribution in [2.75, 3.05) is 19.6 Å². The van der Waals surface area contributed by atoms with Gasteiger partial charge in [0.05, 0.1) is 9.82 Å². The van der Waals surface area contributed by atoms with Gasteiger partial charge >= 0.3 is 0 Å². The lowest BCUT2D eigenvalue weighted by Gasteiger charge is -2.30. The van der Waals surface area contributed by atoms with Crippen molar-refractivity contribution < 1.29 is 13.3 Å². The summed E-state index contributed by atoms with van der Waals surface area (Å²) in [4.78, 5) is 10.1. The Kier molecular flexibility index (Phi) is 5.46. The Morgan fingerprint density at radius 1 is 1.35 bits per heavy atom. The van der Waals surface area contributed by atoms with Crippen LogP contribution in [0.3, 0.4) is 0 Å². The lowest BCUT2D eigenvalue weighted by Crippen LogP contribution is -2.51. The number of halogens is 1. The van der Waals surface area contributed by atoms with Gasteiger partial charge in [-0.15, -0.1) is 12.4 Å². The summed E-state index contributed by atoms with van der Waals surface area (Å²) < 4.78 is 26.1. The molecule has 0 saturated carbocycles. The van der Waals surface area contributed by atoms with Crippen LogP contribution in [-0.2, 0) is 10.0 Å². The lowest BCUT2D eigenvalue weighted by atomic mass is 10.3. The largest absolute Gasteiger partial charge is 0.312 e. The second-order valence-corrected chi connectivity index (χ2v) is 6.41. The molecule has 1 heterocycles. The fourth-order valence-electron chi connectivity index (χ4n) is 2.00. The van der Waals surface area contributed by atoms with Crippen LogP contribution in [0.2, 0.25) is 0 Å². The van der Waals surface area contributed by atoms with Crippen molar-refractivity contribution in [3.63, 3.8) is 0 Å². The van der Waals surface area contributed by atoms with E-state index in [4.69, 9.17) is 0 Å². The number of piperazine rings is 1. The molecule has 0 amide bonds. The average Bonchev–Trinajstić information content (AvgIpc) is 2.39. The highest BCUT2D eigenvalue weighted by molar-refractivity contribution is 7.89. The molecule has 1 aliphatic rings. The SMILES string of the molecule is CC1CN(S(=O)(=O)c2ccc([N+](=O)[O-])cc2)CCN1.Cl. The molecule has 1 unspecified atom stereocenters. The lowest BCUT2D eigenvalue weighted by molar-refractivity contribution is -0.384. The second kappa shape index (κ2) is 6.49. The van der Waals surface area contributed by atoms with E-state index in [1.54, 1.807) is 0 Å². The molecule has 112 valence electrons. The summed E-state index contributed by atoms with van der Waals surface area (Å²) in [6.07, 6.45) is 0. The van der Waals surface area contributed by atoms with E-state index in [1.165, 1.54) is 28.6 Å². The number of nitrogens with one attached hydrogen (secondary N) is 1. The highest BCUT2D eigenvalue weighted by atomic mass is 35.5. The molecule has 0 aromatic heterocycles. The predicted molar refractivity (Wildman–Crippen MR) is 76.6 cm³/mol. The summed E-state index contributed by atoms with van der Waals surface area (Å²) in [7, 11) is -3.57. The number of nitrogens with zero attached hydrogens (tertiary/aromatic N) is 2. The monoisotopic (exact) mass is 321 g/mol. The number of rotatable bonds is 3. The van der Waals surface area contributed by atoms with Crippen LogP contribution in [0.25, 0.3) is 0 Å². The topological polar surface area (TPSA) is 92.5 Å². The molecule has 0 spiro atoms. The van der Waals surface area contributed by atoms with Crippen LogP contribution in [0, 0.1) is 10.1 Å². The van der Waals surface area contributed by atoms with Crippen molar-refractivity contribution >= 4 is 28.1 Å². The molecule has 0 aliphatic carbocycles. The summed E-state index contributed by atoms with van der Waals surface area (Å²) in [6, 6.07) is 5.07. The van der Waals surface area contributed by atoms with Gasteiger partial charge < -0.3 is 5.32 Å². The molecule has 1 aromatic carbocycles. The molecule has 20 heavy (non-hydrogen) atoms. The number of nitro benzene ring substituents is 1. The number of hydrogen-bond acceptors (Lipinski definition) is 5. The van der Waals surface area contributed by atoms with Crippen molar-refractivity contribution in [3.05, 3.63) is 34.4 Å². The standard InChI is InChI=1S/C11H15N3O4S.ClH/c1-9-8-13(7-6-12-9)19(17,18)11-4-2-10(3-5-11)14(15)16;/h2-5,9,12H,6-8H2,1H3;1H. The molecular formula is C11H16ClN3O4S. The first kappa shape index (κ1) is 16.8. The normalized spacial score (nSPS) is 20.1. The summed E-state index contributed by atoms with van der Waals surface area (Å²) in [5, 5.41) is 13.7. The molecule has 0 bridgehead atoms. The van der Waals surface area contributed by atoms with Crippen LogP contribution in [0.1, 0.15) is 6.92 Å². The smallest absolute Gasteiger partial charge is 0.269 e. The third-order valence-electron chi connectivity index (χ3n) is 3.02. The molecule has 9 heteroatoms. The van der Waals surface area contributed by atoms with E-state index in [0.717, 1.165) is 0 Å². The van der Waals surface area contributed by atoms with E-state index in [1.807, 2.05) is 6.92 Å². The van der Waals surface area contributed by atoms with Crippen molar-refractivity contribution in [2.24, 2.45) is 0 Å². The maximum atomic E-state index is 12.3. The maximum absolute atomic E-state index is 12.3. The van der Waals surface area contributed by atoms with Crippen LogP contribution in [0.5, 0.6) is 0 Å². The molecule has 1 atom stereocenters. The number of sulfonamides is 1. The van der Waals surface area contributed by atoms with Crippen LogP contribution >= 0.6 is 12.4 Å². The summed E-state index contributed by atoms with van der Waals surface area (Å²) in [5.74, 6) is 0. The molecule has 1 aromatic rings. The Morgan fingerprint density at radius 3 is 2.45 bits per heavy atom. The van der Waals surface area contributed by atoms with Crippen molar-refractivity contribution in [1.29, 1.82) is 0 Å². The van der Waals surface area contributed by atoms with Gasteiger partial charge in [-0.1, -0.05) is 0 Å². The predicted octanol–water partition coefficient (Wildman–Crippen LogP) is 0.999. The number of nitro groups is 1. The highest BCUT2D eigenvalue weighted by Gasteiger charge is 2.28. The zero-order valence-corrected chi connectivity index (χ0v) is 12.5. The fraction of sp³-hybridized carbons (Fsp3) is 0.455. The van der Waals surface area contributed by atoms with Crippen molar-refractivity contribution in [2.45, 2.75) is 17.9 Å². The second-order valence-electron chi connectivity index (χ2n) is 4.47. The Balaban J connectivity index is 0.00000200. The van der Waals surface area contributed by atoms with E-state index in [9.17, 15) is 18.5 Å². The van der Waals surface area contributed by atoms with Gasteiger partial charge in [-0.25, -0.2) is 8.42 Å². The molecule has 0 radical (unpaired) electrons. The quantitative estimate of drug-likeness (QED) is 0.662. The Morgan fingerprint density at radius 2 is 1.95 bits per heavy atom. The fourth-order valence-corrected chi connectivity index (χ4v) is 3.53. The van der Waals surface area contributed by atoms with Crippen molar-refractivity contribution in [1.82, 2.24) is 9.62 Å². The minimum absolute atomic E-state index is 0. The van der Waals surface area contributed by atoms with Crippen molar-refractivity contribution in [3.8, 4) is 0 Å². The van der Waals surface area contributed by atoms with Gasteiger partial charge in [0.25, 0.3) is 5.69 Å². The van der Waals surface area contributed by atoms with Gasteiger partial charge in [0, 0.05) is 37.8 Å². The Hall–Kier alpha value is -1.22. The summed E-state index contributed by atoms with van der Waals surface area (Å²) in [6.45, 7) is 3.33. The van der Waals surface area contributed by atoms with Gasteiger partial charge in [0.1, 0.15) is 0 Å². The summed E-state index contributed by atoms with van der Waals surface area (Å²) in [5.41, 5.74) is -0.118. The average molecular weight is 322 g/mol. The molecule has 1 N–H and O–H groups in total. The van der Waals surface area contributed by atoms with Gasteiger partial charge in [-0.05, 0) is 19.1 Å². The van der Waals surface area contributed by atoms with Gasteiger partial charge in [0.15, 0.2) is 0 Å². The maximum Gasteiger partial charge on any atom is 0.269 e. The Labute approximate surface area is 123 Å². The minimum Gasteiger partial charge on any atom is -0.312 e. The third-order valence-corrected chi connectivity index (χ3v) is 4.90. The number of non-ortho nitro benzene ring substituents is 1. The molecule has 1 fully saturated rings. The van der Waals surface area contributed by atoms with Crippen LogP contribution in [0.4, 0.5) is 5.69 Å². The highest BCUT2D eigenvalue weighted by Crippen LogP contribution is 2.20. The number of benzene rings is 1. The molecule has 2 rings (SSSR count). The first-order valence-electron chi connectivity index (χ1n) is 5.89. The van der Waals surface area contributed by atoms with E-state index in [-0.39, 0.29) is 29.0 Å². The van der Waals surface area contributed by atoms with E-state index < -0.39 is 14.9 Å². The van der Waals surface area contributed by atoms with E-state index in [2.05, 4.69) is 5.32 Å². The van der Waals surface area contributed by atoms with E-state index >= 15 is 0 Å². The Bertz CT molecular complexity index is 576. The third kappa shape index (κ3) is 3.45.